The third-order valence-corrected chi connectivity index (χ3v) is 18.3. The van der Waals surface area contributed by atoms with Gasteiger partial charge in [0, 0.05) is 48.1 Å². The topological polar surface area (TPSA) is 37.4 Å². The summed E-state index contributed by atoms with van der Waals surface area (Å²) in [5.74, 6) is 1.92. The van der Waals surface area contributed by atoms with E-state index >= 15 is 0 Å². The largest absolute Gasteiger partial charge is 0.310 e. The number of benzene rings is 7. The van der Waals surface area contributed by atoms with Crippen molar-refractivity contribution < 1.29 is 8.42 Å². The lowest BCUT2D eigenvalue weighted by Crippen LogP contribution is -2.54. The van der Waals surface area contributed by atoms with Crippen molar-refractivity contribution in [3.05, 3.63) is 174 Å². The molecule has 2 bridgehead atoms. The van der Waals surface area contributed by atoms with Gasteiger partial charge in [0.2, 0.25) is 9.84 Å². The highest BCUT2D eigenvalue weighted by Crippen LogP contribution is 2.65. The molecule has 3 aliphatic carbocycles. The summed E-state index contributed by atoms with van der Waals surface area (Å²) >= 11 is 1.86. The summed E-state index contributed by atoms with van der Waals surface area (Å²) < 4.78 is 32.3. The molecule has 1 aliphatic heterocycles. The van der Waals surface area contributed by atoms with E-state index < -0.39 is 9.84 Å². The molecule has 2 heterocycles. The van der Waals surface area contributed by atoms with Crippen molar-refractivity contribution in [3.63, 3.8) is 0 Å². The van der Waals surface area contributed by atoms with Crippen LogP contribution in [0.4, 0.5) is 17.1 Å². The van der Waals surface area contributed by atoms with Crippen LogP contribution in [0.15, 0.2) is 161 Å². The van der Waals surface area contributed by atoms with Gasteiger partial charge in [0.05, 0.1) is 9.79 Å². The summed E-state index contributed by atoms with van der Waals surface area (Å²) in [6.45, 7) is 9.50. The molecular formula is C56H49NO2S2. The Morgan fingerprint density at radius 3 is 1.89 bits per heavy atom. The van der Waals surface area contributed by atoms with Gasteiger partial charge in [-0.15, -0.1) is 11.3 Å². The molecule has 61 heavy (non-hydrogen) atoms. The monoisotopic (exact) mass is 831 g/mol. The van der Waals surface area contributed by atoms with Gasteiger partial charge in [-0.2, -0.15) is 0 Å². The Morgan fingerprint density at radius 2 is 1.10 bits per heavy atom. The Kier molecular flexibility index (Phi) is 8.10. The van der Waals surface area contributed by atoms with E-state index in [0.29, 0.717) is 33.5 Å². The van der Waals surface area contributed by atoms with Gasteiger partial charge in [-0.25, -0.2) is 8.42 Å². The van der Waals surface area contributed by atoms with Gasteiger partial charge >= 0.3 is 0 Å². The van der Waals surface area contributed by atoms with Crippen LogP contribution in [0.3, 0.4) is 0 Å². The molecule has 0 radical (unpaired) electrons. The maximum atomic E-state index is 14.9. The standard InChI is InChI=1S/C56H49NO2S2/c1-34-27-37-29-35(2)30-38(28-34)56(37)48-20-8-10-22-52(48)61(58,59)53-26-24-41(33-50(53)56)57(40-23-25-44-43-15-5-7-19-47(43)55(3,4)49(44)32-40)39-14-11-13-36(31-39)42-17-12-18-46-45-16-6-9-21-51(45)60-54(42)46/h5-26,31-35,37-38H,27-30H2,1-4H3. The van der Waals surface area contributed by atoms with Crippen molar-refractivity contribution in [2.45, 2.75) is 74.0 Å². The van der Waals surface area contributed by atoms with Gasteiger partial charge < -0.3 is 4.90 Å². The van der Waals surface area contributed by atoms with Gasteiger partial charge in [-0.1, -0.05) is 125 Å². The summed E-state index contributed by atoms with van der Waals surface area (Å²) in [6, 6.07) is 54.5. The zero-order chi connectivity index (χ0) is 41.4. The number of sulfone groups is 1. The van der Waals surface area contributed by atoms with Crippen LogP contribution < -0.4 is 4.90 Å². The molecule has 0 N–H and O–H groups in total. The smallest absolute Gasteiger partial charge is 0.207 e. The van der Waals surface area contributed by atoms with Crippen molar-refractivity contribution in [2.75, 3.05) is 4.90 Å². The van der Waals surface area contributed by atoms with Gasteiger partial charge in [0.15, 0.2) is 0 Å². The van der Waals surface area contributed by atoms with Gasteiger partial charge in [-0.3, -0.25) is 0 Å². The number of thiophene rings is 1. The summed E-state index contributed by atoms with van der Waals surface area (Å²) in [7, 11) is -3.75. The molecule has 0 unspecified atom stereocenters. The van der Waals surface area contributed by atoms with E-state index in [-0.39, 0.29) is 10.8 Å². The Hall–Kier alpha value is -5.49. The highest BCUT2D eigenvalue weighted by molar-refractivity contribution is 7.91. The van der Waals surface area contributed by atoms with Crippen LogP contribution in [-0.4, -0.2) is 8.42 Å². The molecule has 3 nitrogen and oxygen atoms in total. The second kappa shape index (κ2) is 13.3. The number of fused-ring (bicyclic) bond motifs is 8. The number of hydrogen-bond donors (Lipinski definition) is 0. The van der Waals surface area contributed by atoms with E-state index in [1.165, 1.54) is 48.0 Å². The first kappa shape index (κ1) is 37.3. The first-order valence-electron chi connectivity index (χ1n) is 22.1. The SMILES string of the molecule is CC1CC2CC(C)CC(C1)C21c2ccccc2S(=O)(=O)c2ccc(N(c3cccc(-c4cccc5c4sc4ccccc45)c3)c3ccc4c(c3)C(C)(C)c3ccccc3-4)cc21. The minimum atomic E-state index is -3.75. The van der Waals surface area contributed by atoms with Crippen molar-refractivity contribution >= 4 is 58.4 Å². The summed E-state index contributed by atoms with van der Waals surface area (Å²) in [4.78, 5) is 3.40. The lowest BCUT2D eigenvalue weighted by Gasteiger charge is -2.59. The summed E-state index contributed by atoms with van der Waals surface area (Å²) in [5, 5.41) is 2.57. The van der Waals surface area contributed by atoms with Crippen LogP contribution in [0.5, 0.6) is 0 Å². The summed E-state index contributed by atoms with van der Waals surface area (Å²) in [6.07, 6.45) is 4.42. The third kappa shape index (κ3) is 5.23. The highest BCUT2D eigenvalue weighted by Gasteiger charge is 2.59. The van der Waals surface area contributed by atoms with Crippen molar-refractivity contribution in [1.29, 1.82) is 0 Å². The fourth-order valence-corrected chi connectivity index (χ4v) is 15.9. The minimum absolute atomic E-state index is 0.184. The molecule has 8 aromatic rings. The average molecular weight is 832 g/mol. The van der Waals surface area contributed by atoms with Crippen LogP contribution >= 0.6 is 11.3 Å². The average Bonchev–Trinajstić information content (AvgIpc) is 3.75. The molecule has 7 aromatic carbocycles. The number of nitrogens with zero attached hydrogens (tertiary/aromatic N) is 1. The van der Waals surface area contributed by atoms with E-state index in [4.69, 9.17) is 0 Å². The van der Waals surface area contributed by atoms with Crippen LogP contribution in [0.1, 0.15) is 75.6 Å². The first-order chi connectivity index (χ1) is 29.5. The first-order valence-corrected chi connectivity index (χ1v) is 24.4. The Bertz CT molecular complexity index is 3200. The Labute approximate surface area is 363 Å². The van der Waals surface area contributed by atoms with Crippen LogP contribution in [0.25, 0.3) is 42.4 Å². The second-order valence-electron chi connectivity index (χ2n) is 19.2. The van der Waals surface area contributed by atoms with Crippen molar-refractivity contribution in [2.24, 2.45) is 23.7 Å². The molecule has 2 fully saturated rings. The Morgan fingerprint density at radius 1 is 0.525 bits per heavy atom. The van der Waals surface area contributed by atoms with Crippen LogP contribution in [0, 0.1) is 23.7 Å². The lowest BCUT2D eigenvalue weighted by molar-refractivity contribution is 0.0231. The van der Waals surface area contributed by atoms with E-state index in [1.54, 1.807) is 0 Å². The maximum absolute atomic E-state index is 14.9. The lowest BCUT2D eigenvalue weighted by atomic mass is 9.46. The van der Waals surface area contributed by atoms with E-state index in [2.05, 4.69) is 166 Å². The van der Waals surface area contributed by atoms with Crippen LogP contribution in [-0.2, 0) is 20.7 Å². The number of anilines is 3. The maximum Gasteiger partial charge on any atom is 0.207 e. The predicted molar refractivity (Wildman–Crippen MR) is 253 cm³/mol. The summed E-state index contributed by atoms with van der Waals surface area (Å²) in [5.41, 5.74) is 12.2. The van der Waals surface area contributed by atoms with E-state index in [9.17, 15) is 8.42 Å². The fourth-order valence-electron chi connectivity index (χ4n) is 12.9. The molecule has 4 aliphatic rings. The number of hydrogen-bond acceptors (Lipinski definition) is 4. The quantitative estimate of drug-likeness (QED) is 0.177. The zero-order valence-corrected chi connectivity index (χ0v) is 36.8. The normalized spacial score (nSPS) is 23.9. The fraction of sp³-hybridized carbons (Fsp3) is 0.250. The number of rotatable bonds is 4. The Balaban J connectivity index is 1.10. The van der Waals surface area contributed by atoms with Crippen molar-refractivity contribution in [3.8, 4) is 22.3 Å². The molecule has 5 heteroatoms. The molecule has 302 valence electrons. The van der Waals surface area contributed by atoms with E-state index in [1.807, 2.05) is 29.5 Å². The predicted octanol–water partition coefficient (Wildman–Crippen LogP) is 15.0. The molecule has 0 amide bonds. The minimum Gasteiger partial charge on any atom is -0.310 e. The van der Waals surface area contributed by atoms with Gasteiger partial charge in [0.25, 0.3) is 0 Å². The molecule has 1 spiro atoms. The molecule has 12 rings (SSSR count). The third-order valence-electron chi connectivity index (χ3n) is 15.3. The highest BCUT2D eigenvalue weighted by atomic mass is 32.2. The van der Waals surface area contributed by atoms with Gasteiger partial charge in [-0.05, 0) is 148 Å². The molecule has 0 saturated heterocycles. The zero-order valence-electron chi connectivity index (χ0n) is 35.2. The van der Waals surface area contributed by atoms with Crippen molar-refractivity contribution in [1.82, 2.24) is 0 Å². The van der Waals surface area contributed by atoms with Crippen LogP contribution in [0.2, 0.25) is 0 Å². The second-order valence-corrected chi connectivity index (χ2v) is 22.1. The molecule has 0 atom stereocenters. The van der Waals surface area contributed by atoms with E-state index in [0.717, 1.165) is 59.4 Å². The molecule has 1 aromatic heterocycles. The molecule has 2 saturated carbocycles. The van der Waals surface area contributed by atoms with Gasteiger partial charge in [0.1, 0.15) is 0 Å². The molecular weight excluding hydrogens is 783 g/mol.